The van der Waals surface area contributed by atoms with Gasteiger partial charge in [0.25, 0.3) is 0 Å². The largest absolute Gasteiger partial charge is 0.493 e. The molecule has 6 aliphatic rings. The normalized spacial score (nSPS) is 41.0. The molecule has 8 nitrogen and oxygen atoms in total. The summed E-state index contributed by atoms with van der Waals surface area (Å²) in [4.78, 5) is 17.6. The Kier molecular flexibility index (Phi) is 5.32. The monoisotopic (exact) mass is 521 g/mol. The third kappa shape index (κ3) is 2.78. The highest BCUT2D eigenvalue weighted by atomic mass is 16.6. The molecule has 0 amide bonds. The highest BCUT2D eigenvalue weighted by molar-refractivity contribution is 5.91. The predicted octanol–water partition coefficient (Wildman–Crippen LogP) is 2.16. The molecule has 2 aromatic carbocycles. The molecule has 5 heterocycles. The number of ether oxygens (including phenoxy) is 4. The molecule has 11 atom stereocenters. The first-order valence-electron chi connectivity index (χ1n) is 13.8. The minimum atomic E-state index is -0.392. The van der Waals surface area contributed by atoms with Crippen LogP contribution in [0, 0.1) is 17.8 Å². The van der Waals surface area contributed by atoms with Crippen LogP contribution in [0.1, 0.15) is 42.1 Å². The number of hydrogen-bond donors (Lipinski definition) is 2. The molecule has 2 N–H and O–H groups in total. The SMILES string of the molecule is CCC1C2CC3C4[NH+](C)c5ccccc5C45CC(C2C5O)N3C1OC(=O)c1cc(OC)c(OC)c(OC)c1. The average molecular weight is 522 g/mol. The van der Waals surface area contributed by atoms with Gasteiger partial charge in [-0.25, -0.2) is 4.79 Å². The molecule has 8 heteroatoms. The molecule has 5 bridgehead atoms. The Labute approximate surface area is 223 Å². The average Bonchev–Trinajstić information content (AvgIpc) is 3.33. The number of fused-ring (bicyclic) bond motifs is 2. The van der Waals surface area contributed by atoms with Crippen LogP contribution in [-0.4, -0.2) is 74.8 Å². The fourth-order valence-electron chi connectivity index (χ4n) is 9.56. The van der Waals surface area contributed by atoms with Gasteiger partial charge in [-0.2, -0.15) is 0 Å². The number of aliphatic hydroxyl groups excluding tert-OH is 1. The van der Waals surface area contributed by atoms with Crippen LogP contribution in [0.5, 0.6) is 17.2 Å². The maximum absolute atomic E-state index is 13.7. The van der Waals surface area contributed by atoms with Gasteiger partial charge in [0.2, 0.25) is 5.75 Å². The lowest BCUT2D eigenvalue weighted by Gasteiger charge is -2.61. The van der Waals surface area contributed by atoms with E-state index in [1.54, 1.807) is 19.2 Å². The second-order valence-corrected chi connectivity index (χ2v) is 11.7. The van der Waals surface area contributed by atoms with E-state index < -0.39 is 5.97 Å². The van der Waals surface area contributed by atoms with Crippen molar-refractivity contribution in [3.05, 3.63) is 47.5 Å². The second-order valence-electron chi connectivity index (χ2n) is 11.7. The fraction of sp³-hybridized carbons (Fsp3) is 0.567. The van der Waals surface area contributed by atoms with Crippen LogP contribution in [0.25, 0.3) is 0 Å². The number of nitrogens with one attached hydrogen (secondary N) is 1. The zero-order chi connectivity index (χ0) is 26.5. The summed E-state index contributed by atoms with van der Waals surface area (Å²) < 4.78 is 22.8. The number of esters is 1. The molecule has 38 heavy (non-hydrogen) atoms. The topological polar surface area (TPSA) is 81.9 Å². The minimum absolute atomic E-state index is 0.178. The zero-order valence-electron chi connectivity index (χ0n) is 22.6. The number of carbonyl (C=O) groups excluding carboxylic acids is 1. The predicted molar refractivity (Wildman–Crippen MR) is 139 cm³/mol. The van der Waals surface area contributed by atoms with Crippen LogP contribution in [0.3, 0.4) is 0 Å². The van der Waals surface area contributed by atoms with Gasteiger partial charge in [0.15, 0.2) is 17.7 Å². The van der Waals surface area contributed by atoms with Gasteiger partial charge in [0.05, 0.1) is 51.5 Å². The Bertz CT molecular complexity index is 1270. The summed E-state index contributed by atoms with van der Waals surface area (Å²) in [5.41, 5.74) is 2.78. The third-order valence-electron chi connectivity index (χ3n) is 10.7. The Balaban J connectivity index is 1.27. The summed E-state index contributed by atoms with van der Waals surface area (Å²) in [7, 11) is 6.87. The molecule has 0 aromatic heterocycles. The van der Waals surface area contributed by atoms with Gasteiger partial charge in [-0.3, -0.25) is 4.90 Å². The van der Waals surface area contributed by atoms with Crippen LogP contribution in [-0.2, 0) is 10.2 Å². The van der Waals surface area contributed by atoms with E-state index >= 15 is 0 Å². The first kappa shape index (κ1) is 24.2. The number of piperidine rings is 4. The van der Waals surface area contributed by atoms with Crippen molar-refractivity contribution in [2.75, 3.05) is 28.4 Å². The molecule has 202 valence electrons. The number of rotatable bonds is 6. The molecule has 1 spiro atoms. The van der Waals surface area contributed by atoms with E-state index in [9.17, 15) is 9.90 Å². The molecule has 11 unspecified atom stereocenters. The lowest BCUT2D eigenvalue weighted by Crippen LogP contribution is -3.11. The quantitative estimate of drug-likeness (QED) is 0.564. The van der Waals surface area contributed by atoms with Gasteiger partial charge in [-0.15, -0.1) is 0 Å². The van der Waals surface area contributed by atoms with Gasteiger partial charge < -0.3 is 29.0 Å². The molecule has 1 aliphatic carbocycles. The molecular formula is C30H37N2O6+. The van der Waals surface area contributed by atoms with E-state index in [0.717, 1.165) is 19.3 Å². The van der Waals surface area contributed by atoms with Crippen molar-refractivity contribution in [3.8, 4) is 17.2 Å². The third-order valence-corrected chi connectivity index (χ3v) is 10.7. The maximum atomic E-state index is 13.7. The molecule has 5 fully saturated rings. The van der Waals surface area contributed by atoms with Gasteiger partial charge in [0.1, 0.15) is 11.7 Å². The van der Waals surface area contributed by atoms with Crippen LogP contribution < -0.4 is 19.1 Å². The number of nitrogens with zero attached hydrogens (tertiary/aromatic N) is 1. The summed E-state index contributed by atoms with van der Waals surface area (Å²) in [6.45, 7) is 2.18. The summed E-state index contributed by atoms with van der Waals surface area (Å²) in [5.74, 6) is 1.61. The first-order chi connectivity index (χ1) is 18.4. The number of likely N-dealkylation sites (N-methyl/N-ethyl adjacent to an activating group) is 1. The number of aliphatic hydroxyl groups is 1. The van der Waals surface area contributed by atoms with E-state index in [-0.39, 0.29) is 47.7 Å². The Morgan fingerprint density at radius 2 is 1.82 bits per heavy atom. The number of quaternary nitrogens is 1. The van der Waals surface area contributed by atoms with Crippen molar-refractivity contribution in [1.29, 1.82) is 0 Å². The highest BCUT2D eigenvalue weighted by Crippen LogP contribution is 2.66. The van der Waals surface area contributed by atoms with Crippen LogP contribution in [0.15, 0.2) is 36.4 Å². The van der Waals surface area contributed by atoms with Crippen molar-refractivity contribution < 1.29 is 33.7 Å². The van der Waals surface area contributed by atoms with Gasteiger partial charge in [-0.05, 0) is 43.4 Å². The van der Waals surface area contributed by atoms with Crippen molar-refractivity contribution in [2.45, 2.75) is 62.1 Å². The molecule has 5 aliphatic heterocycles. The van der Waals surface area contributed by atoms with E-state index in [1.807, 2.05) is 0 Å². The minimum Gasteiger partial charge on any atom is -0.493 e. The molecule has 8 rings (SSSR count). The van der Waals surface area contributed by atoms with Gasteiger partial charge >= 0.3 is 5.97 Å². The summed E-state index contributed by atoms with van der Waals surface area (Å²) in [6, 6.07) is 12.7. The summed E-state index contributed by atoms with van der Waals surface area (Å²) in [5, 5.41) is 12.1. The van der Waals surface area contributed by atoms with E-state index in [4.69, 9.17) is 18.9 Å². The highest BCUT2D eigenvalue weighted by Gasteiger charge is 2.79. The Hall–Kier alpha value is -2.81. The van der Waals surface area contributed by atoms with Crippen LogP contribution >= 0.6 is 0 Å². The van der Waals surface area contributed by atoms with E-state index in [0.29, 0.717) is 28.7 Å². The zero-order valence-corrected chi connectivity index (χ0v) is 22.6. The van der Waals surface area contributed by atoms with Crippen LogP contribution in [0.2, 0.25) is 0 Å². The van der Waals surface area contributed by atoms with Gasteiger partial charge in [0, 0.05) is 23.4 Å². The number of benzene rings is 2. The molecule has 0 radical (unpaired) electrons. The van der Waals surface area contributed by atoms with Crippen molar-refractivity contribution in [3.63, 3.8) is 0 Å². The maximum Gasteiger partial charge on any atom is 0.339 e. The molecule has 4 saturated heterocycles. The Morgan fingerprint density at radius 3 is 2.47 bits per heavy atom. The standard InChI is InChI=1S/C30H36N2O6/c1-6-16-17-13-20-26-30(18-9-7-8-10-19(18)31(26)2)14-21(24(17)27(30)33)32(20)28(16)38-29(34)15-11-22(35-3)25(37-5)23(12-15)36-4/h7-12,16-17,20-21,24,26-28,33H,6,13-14H2,1-5H3/p+1. The lowest BCUT2D eigenvalue weighted by molar-refractivity contribution is -0.842. The van der Waals surface area contributed by atoms with Crippen molar-refractivity contribution in [2.24, 2.45) is 17.8 Å². The number of methoxy groups -OCH3 is 3. The van der Waals surface area contributed by atoms with Gasteiger partial charge in [-0.1, -0.05) is 25.1 Å². The van der Waals surface area contributed by atoms with E-state index in [1.165, 1.54) is 30.4 Å². The summed E-state index contributed by atoms with van der Waals surface area (Å²) >= 11 is 0. The first-order valence-corrected chi connectivity index (χ1v) is 13.8. The fourth-order valence-corrected chi connectivity index (χ4v) is 9.56. The van der Waals surface area contributed by atoms with Crippen LogP contribution in [0.4, 0.5) is 5.69 Å². The summed E-state index contributed by atoms with van der Waals surface area (Å²) in [6.07, 6.45) is 2.16. The number of para-hydroxylation sites is 1. The number of carbonyl (C=O) groups is 1. The second kappa shape index (κ2) is 8.34. The smallest absolute Gasteiger partial charge is 0.339 e. The number of hydrogen-bond acceptors (Lipinski definition) is 7. The van der Waals surface area contributed by atoms with Crippen molar-refractivity contribution >= 4 is 11.7 Å². The van der Waals surface area contributed by atoms with Crippen molar-refractivity contribution in [1.82, 2.24) is 4.90 Å². The molecule has 1 saturated carbocycles. The van der Waals surface area contributed by atoms with E-state index in [2.05, 4.69) is 43.1 Å². The lowest BCUT2D eigenvalue weighted by atomic mass is 9.62. The molecular weight excluding hydrogens is 484 g/mol. The Morgan fingerprint density at radius 1 is 1.11 bits per heavy atom. The molecule has 2 aromatic rings.